The fourth-order valence-corrected chi connectivity index (χ4v) is 3.19. The number of hydrogen-bond acceptors (Lipinski definition) is 3. The summed E-state index contributed by atoms with van der Waals surface area (Å²) in [6.07, 6.45) is 8.67. The monoisotopic (exact) mass is 295 g/mol. The molecule has 5 nitrogen and oxygen atoms in total. The Labute approximate surface area is 127 Å². The van der Waals surface area contributed by atoms with Crippen LogP contribution in [0.5, 0.6) is 0 Å². The van der Waals surface area contributed by atoms with Crippen molar-refractivity contribution in [3.63, 3.8) is 0 Å². The quantitative estimate of drug-likeness (QED) is 0.779. The third-order valence-electron chi connectivity index (χ3n) is 4.59. The highest BCUT2D eigenvalue weighted by Crippen LogP contribution is 2.17. The van der Waals surface area contributed by atoms with E-state index in [2.05, 4.69) is 10.6 Å². The zero-order chi connectivity index (χ0) is 15.1. The molecule has 120 valence electrons. The van der Waals surface area contributed by atoms with Crippen molar-refractivity contribution in [3.05, 3.63) is 0 Å². The summed E-state index contributed by atoms with van der Waals surface area (Å²) in [7, 11) is 0. The molecule has 1 saturated heterocycles. The number of rotatable bonds is 6. The molecule has 0 aromatic carbocycles. The maximum absolute atomic E-state index is 12.1. The first-order valence-corrected chi connectivity index (χ1v) is 8.48. The molecule has 2 amide bonds. The van der Waals surface area contributed by atoms with Crippen molar-refractivity contribution >= 4 is 11.8 Å². The third-order valence-corrected chi connectivity index (χ3v) is 4.59. The zero-order valence-electron chi connectivity index (χ0n) is 13.2. The second-order valence-corrected chi connectivity index (χ2v) is 6.36. The van der Waals surface area contributed by atoms with Crippen molar-refractivity contribution in [1.29, 1.82) is 0 Å². The van der Waals surface area contributed by atoms with E-state index in [9.17, 15) is 9.59 Å². The predicted molar refractivity (Wildman–Crippen MR) is 82.9 cm³/mol. The smallest absolute Gasteiger partial charge is 0.237 e. The molecular weight excluding hydrogens is 266 g/mol. The average molecular weight is 295 g/mol. The second-order valence-electron chi connectivity index (χ2n) is 6.36. The van der Waals surface area contributed by atoms with Gasteiger partial charge in [0.15, 0.2) is 0 Å². The topological polar surface area (TPSA) is 61.4 Å². The molecule has 2 N–H and O–H groups in total. The van der Waals surface area contributed by atoms with Crippen LogP contribution < -0.4 is 10.6 Å². The summed E-state index contributed by atoms with van der Waals surface area (Å²) in [5.41, 5.74) is 0. The van der Waals surface area contributed by atoms with Crippen molar-refractivity contribution in [3.8, 4) is 0 Å². The van der Waals surface area contributed by atoms with Crippen molar-refractivity contribution in [1.82, 2.24) is 15.5 Å². The number of carbonyl (C=O) groups excluding carboxylic acids is 2. The van der Waals surface area contributed by atoms with Crippen LogP contribution in [0.3, 0.4) is 0 Å². The molecule has 1 aliphatic heterocycles. The second kappa shape index (κ2) is 8.37. The standard InChI is InChI=1S/C16H29N3O2/c1-13(16(21)18-14-7-3-2-4-8-14)17-10-9-15(20)19-11-5-6-12-19/h13-14,17H,2-12H2,1H3,(H,18,21). The highest BCUT2D eigenvalue weighted by atomic mass is 16.2. The predicted octanol–water partition coefficient (Wildman–Crippen LogP) is 1.43. The van der Waals surface area contributed by atoms with Crippen molar-refractivity contribution < 1.29 is 9.59 Å². The van der Waals surface area contributed by atoms with Crippen LogP contribution in [0.4, 0.5) is 0 Å². The lowest BCUT2D eigenvalue weighted by Gasteiger charge is -2.25. The minimum Gasteiger partial charge on any atom is -0.352 e. The lowest BCUT2D eigenvalue weighted by molar-refractivity contribution is -0.130. The summed E-state index contributed by atoms with van der Waals surface area (Å²) >= 11 is 0. The summed E-state index contributed by atoms with van der Waals surface area (Å²) in [6.45, 7) is 4.25. The number of carbonyl (C=O) groups is 2. The molecule has 1 heterocycles. The van der Waals surface area contributed by atoms with Gasteiger partial charge in [0.05, 0.1) is 6.04 Å². The Morgan fingerprint density at radius 1 is 1.10 bits per heavy atom. The maximum atomic E-state index is 12.1. The van der Waals surface area contributed by atoms with Crippen LogP contribution in [0.15, 0.2) is 0 Å². The fourth-order valence-electron chi connectivity index (χ4n) is 3.19. The van der Waals surface area contributed by atoms with Gasteiger partial charge in [-0.15, -0.1) is 0 Å². The van der Waals surface area contributed by atoms with Crippen LogP contribution in [0.25, 0.3) is 0 Å². The molecule has 0 radical (unpaired) electrons. The average Bonchev–Trinajstić information content (AvgIpc) is 3.02. The van der Waals surface area contributed by atoms with E-state index in [-0.39, 0.29) is 17.9 Å². The Morgan fingerprint density at radius 3 is 2.43 bits per heavy atom. The SMILES string of the molecule is CC(NCCC(=O)N1CCCC1)C(=O)NC1CCCCC1. The Bertz CT molecular complexity index is 347. The van der Waals surface area contributed by atoms with Gasteiger partial charge in [0.1, 0.15) is 0 Å². The van der Waals surface area contributed by atoms with Gasteiger partial charge in [0.2, 0.25) is 11.8 Å². The fraction of sp³-hybridized carbons (Fsp3) is 0.875. The molecule has 0 spiro atoms. The maximum Gasteiger partial charge on any atom is 0.237 e. The largest absolute Gasteiger partial charge is 0.352 e. The van der Waals surface area contributed by atoms with E-state index in [4.69, 9.17) is 0 Å². The Morgan fingerprint density at radius 2 is 1.76 bits per heavy atom. The van der Waals surface area contributed by atoms with E-state index in [1.165, 1.54) is 19.3 Å². The van der Waals surface area contributed by atoms with Crippen molar-refractivity contribution in [2.45, 2.75) is 70.4 Å². The van der Waals surface area contributed by atoms with Crippen LogP contribution in [-0.4, -0.2) is 48.4 Å². The number of nitrogens with one attached hydrogen (secondary N) is 2. The summed E-state index contributed by atoms with van der Waals surface area (Å²) in [6, 6.07) is 0.125. The normalized spacial score (nSPS) is 21.3. The molecule has 0 aromatic rings. The summed E-state index contributed by atoms with van der Waals surface area (Å²) < 4.78 is 0. The van der Waals surface area contributed by atoms with Crippen molar-refractivity contribution in [2.75, 3.05) is 19.6 Å². The van der Waals surface area contributed by atoms with Gasteiger partial charge in [0.25, 0.3) is 0 Å². The van der Waals surface area contributed by atoms with Gasteiger partial charge in [0, 0.05) is 32.1 Å². The van der Waals surface area contributed by atoms with E-state index >= 15 is 0 Å². The molecule has 1 saturated carbocycles. The van der Waals surface area contributed by atoms with Gasteiger partial charge in [-0.05, 0) is 32.6 Å². The Hall–Kier alpha value is -1.10. The Balaban J connectivity index is 1.60. The number of amides is 2. The molecular formula is C16H29N3O2. The lowest BCUT2D eigenvalue weighted by atomic mass is 9.95. The van der Waals surface area contributed by atoms with Gasteiger partial charge in [-0.2, -0.15) is 0 Å². The summed E-state index contributed by atoms with van der Waals surface area (Å²) in [5, 5.41) is 6.28. The van der Waals surface area contributed by atoms with Crippen LogP contribution in [0, 0.1) is 0 Å². The first kappa shape index (κ1) is 16.3. The lowest BCUT2D eigenvalue weighted by Crippen LogP contribution is -2.47. The molecule has 2 fully saturated rings. The molecule has 2 aliphatic rings. The molecule has 1 aliphatic carbocycles. The number of nitrogens with zero attached hydrogens (tertiary/aromatic N) is 1. The minimum absolute atomic E-state index is 0.0653. The first-order chi connectivity index (χ1) is 10.2. The van der Waals surface area contributed by atoms with E-state index in [0.29, 0.717) is 19.0 Å². The summed E-state index contributed by atoms with van der Waals surface area (Å²) in [5.74, 6) is 0.274. The minimum atomic E-state index is -0.224. The van der Waals surface area contributed by atoms with Gasteiger partial charge in [-0.25, -0.2) is 0 Å². The van der Waals surface area contributed by atoms with Gasteiger partial charge in [-0.1, -0.05) is 19.3 Å². The highest BCUT2D eigenvalue weighted by Gasteiger charge is 2.20. The number of likely N-dealkylation sites (tertiary alicyclic amines) is 1. The van der Waals surface area contributed by atoms with Crippen LogP contribution in [0.2, 0.25) is 0 Å². The van der Waals surface area contributed by atoms with Crippen molar-refractivity contribution in [2.24, 2.45) is 0 Å². The molecule has 0 aromatic heterocycles. The molecule has 1 unspecified atom stereocenters. The van der Waals surface area contributed by atoms with Crippen LogP contribution >= 0.6 is 0 Å². The number of hydrogen-bond donors (Lipinski definition) is 2. The van der Waals surface area contributed by atoms with Gasteiger partial charge < -0.3 is 15.5 Å². The first-order valence-electron chi connectivity index (χ1n) is 8.48. The van der Waals surface area contributed by atoms with E-state index in [1.807, 2.05) is 11.8 Å². The van der Waals surface area contributed by atoms with E-state index in [0.717, 1.165) is 38.8 Å². The molecule has 2 rings (SSSR count). The molecule has 1 atom stereocenters. The molecule has 5 heteroatoms. The highest BCUT2D eigenvalue weighted by molar-refractivity contribution is 5.81. The Kier molecular flexibility index (Phi) is 6.49. The van der Waals surface area contributed by atoms with Gasteiger partial charge in [-0.3, -0.25) is 9.59 Å². The zero-order valence-corrected chi connectivity index (χ0v) is 13.2. The van der Waals surface area contributed by atoms with E-state index in [1.54, 1.807) is 0 Å². The van der Waals surface area contributed by atoms with Gasteiger partial charge >= 0.3 is 0 Å². The summed E-state index contributed by atoms with van der Waals surface area (Å²) in [4.78, 5) is 25.9. The molecule has 21 heavy (non-hydrogen) atoms. The van der Waals surface area contributed by atoms with Crippen LogP contribution in [-0.2, 0) is 9.59 Å². The third kappa shape index (κ3) is 5.30. The van der Waals surface area contributed by atoms with Crippen LogP contribution in [0.1, 0.15) is 58.3 Å². The van der Waals surface area contributed by atoms with E-state index < -0.39 is 0 Å². The molecule has 0 bridgehead atoms.